The Kier molecular flexibility index (Phi) is 8.78. The summed E-state index contributed by atoms with van der Waals surface area (Å²) < 4.78 is 15.4. The molecule has 0 aliphatic heterocycles. The van der Waals surface area contributed by atoms with Crippen molar-refractivity contribution in [3.63, 3.8) is 0 Å². The fraction of sp³-hybridized carbons (Fsp3) is 0.381. The van der Waals surface area contributed by atoms with E-state index in [1.807, 2.05) is 42.5 Å². The molecule has 7 heteroatoms. The van der Waals surface area contributed by atoms with Crippen molar-refractivity contribution in [1.82, 2.24) is 9.88 Å². The van der Waals surface area contributed by atoms with Crippen molar-refractivity contribution >= 4 is 11.9 Å². The number of hydrogen-bond donors (Lipinski definition) is 0. The normalized spacial score (nSPS) is 10.2. The standard InChI is InChI=1S/C21H26N2O5/c1-26-18-8-10-19(11-9-18)28-15-5-7-20(24)23(14-12-21(25)27-2)16-17-6-3-4-13-22-17/h3-4,6,8-11,13H,5,7,12,14-16H2,1-2H3. The van der Waals surface area contributed by atoms with E-state index < -0.39 is 0 Å². The monoisotopic (exact) mass is 386 g/mol. The number of nitrogens with zero attached hydrogens (tertiary/aromatic N) is 2. The average molecular weight is 386 g/mol. The van der Waals surface area contributed by atoms with E-state index in [1.165, 1.54) is 7.11 Å². The highest BCUT2D eigenvalue weighted by molar-refractivity contribution is 5.77. The molecule has 0 unspecified atom stereocenters. The minimum Gasteiger partial charge on any atom is -0.497 e. The van der Waals surface area contributed by atoms with Crippen LogP contribution in [0.1, 0.15) is 25.0 Å². The van der Waals surface area contributed by atoms with Gasteiger partial charge in [-0.15, -0.1) is 0 Å². The first kappa shape index (κ1) is 21.2. The summed E-state index contributed by atoms with van der Waals surface area (Å²) in [5.41, 5.74) is 0.773. The Labute approximate surface area is 165 Å². The highest BCUT2D eigenvalue weighted by atomic mass is 16.5. The van der Waals surface area contributed by atoms with E-state index in [0.717, 1.165) is 17.2 Å². The molecule has 0 aliphatic carbocycles. The fourth-order valence-electron chi connectivity index (χ4n) is 2.55. The minimum atomic E-state index is -0.346. The van der Waals surface area contributed by atoms with Gasteiger partial charge in [0.15, 0.2) is 0 Å². The molecule has 0 N–H and O–H groups in total. The average Bonchev–Trinajstić information content (AvgIpc) is 2.74. The topological polar surface area (TPSA) is 78.0 Å². The van der Waals surface area contributed by atoms with Crippen LogP contribution >= 0.6 is 0 Å². The van der Waals surface area contributed by atoms with E-state index in [4.69, 9.17) is 9.47 Å². The molecule has 1 aromatic carbocycles. The van der Waals surface area contributed by atoms with E-state index in [1.54, 1.807) is 18.2 Å². The number of methoxy groups -OCH3 is 2. The summed E-state index contributed by atoms with van der Waals surface area (Å²) in [6, 6.07) is 12.8. The predicted molar refractivity (Wildman–Crippen MR) is 104 cm³/mol. The number of esters is 1. The van der Waals surface area contributed by atoms with E-state index in [9.17, 15) is 9.59 Å². The van der Waals surface area contributed by atoms with Crippen LogP contribution in [-0.4, -0.2) is 49.1 Å². The summed E-state index contributed by atoms with van der Waals surface area (Å²) >= 11 is 0. The van der Waals surface area contributed by atoms with Gasteiger partial charge in [0, 0.05) is 19.2 Å². The molecule has 1 heterocycles. The third-order valence-corrected chi connectivity index (χ3v) is 4.11. The first-order valence-electron chi connectivity index (χ1n) is 9.13. The van der Waals surface area contributed by atoms with Gasteiger partial charge in [0.2, 0.25) is 5.91 Å². The Balaban J connectivity index is 1.83. The molecule has 0 saturated heterocycles. The summed E-state index contributed by atoms with van der Waals surface area (Å²) in [5.74, 6) is 1.09. The van der Waals surface area contributed by atoms with Gasteiger partial charge in [-0.3, -0.25) is 14.6 Å². The number of hydrogen-bond acceptors (Lipinski definition) is 6. The molecule has 0 spiro atoms. The van der Waals surface area contributed by atoms with Crippen LogP contribution in [0.15, 0.2) is 48.7 Å². The maximum atomic E-state index is 12.6. The van der Waals surface area contributed by atoms with Crippen molar-refractivity contribution in [3.05, 3.63) is 54.4 Å². The van der Waals surface area contributed by atoms with Gasteiger partial charge in [-0.05, 0) is 42.8 Å². The number of benzene rings is 1. The Morgan fingerprint density at radius 3 is 2.39 bits per heavy atom. The highest BCUT2D eigenvalue weighted by Gasteiger charge is 2.16. The second kappa shape index (κ2) is 11.6. The van der Waals surface area contributed by atoms with Crippen molar-refractivity contribution < 1.29 is 23.8 Å². The van der Waals surface area contributed by atoms with Gasteiger partial charge in [-0.2, -0.15) is 0 Å². The molecule has 0 fully saturated rings. The van der Waals surface area contributed by atoms with Gasteiger partial charge in [0.1, 0.15) is 11.5 Å². The quantitative estimate of drug-likeness (QED) is 0.437. The van der Waals surface area contributed by atoms with Crippen LogP contribution in [0.25, 0.3) is 0 Å². The number of ether oxygens (including phenoxy) is 3. The Morgan fingerprint density at radius 2 is 1.75 bits per heavy atom. The highest BCUT2D eigenvalue weighted by Crippen LogP contribution is 2.17. The summed E-state index contributed by atoms with van der Waals surface area (Å²) in [4.78, 5) is 30.0. The zero-order chi connectivity index (χ0) is 20.2. The van der Waals surface area contributed by atoms with Crippen LogP contribution in [0, 0.1) is 0 Å². The van der Waals surface area contributed by atoms with Crippen LogP contribution in [0.3, 0.4) is 0 Å². The number of carbonyl (C=O) groups excluding carboxylic acids is 2. The summed E-state index contributed by atoms with van der Waals surface area (Å²) in [7, 11) is 2.95. The molecule has 1 aromatic heterocycles. The molecule has 28 heavy (non-hydrogen) atoms. The second-order valence-electron chi connectivity index (χ2n) is 6.09. The lowest BCUT2D eigenvalue weighted by atomic mass is 10.2. The molecule has 0 saturated carbocycles. The molecule has 2 rings (SSSR count). The maximum absolute atomic E-state index is 12.6. The van der Waals surface area contributed by atoms with Crippen molar-refractivity contribution in [2.75, 3.05) is 27.4 Å². The Bertz CT molecular complexity index is 734. The summed E-state index contributed by atoms with van der Waals surface area (Å²) in [6.07, 6.45) is 2.73. The van der Waals surface area contributed by atoms with Crippen LogP contribution in [0.4, 0.5) is 0 Å². The number of rotatable bonds is 11. The fourth-order valence-corrected chi connectivity index (χ4v) is 2.55. The zero-order valence-corrected chi connectivity index (χ0v) is 16.3. The van der Waals surface area contributed by atoms with Crippen molar-refractivity contribution in [3.8, 4) is 11.5 Å². The number of aromatic nitrogens is 1. The molecule has 7 nitrogen and oxygen atoms in total. The van der Waals surface area contributed by atoms with Gasteiger partial charge in [-0.1, -0.05) is 6.07 Å². The van der Waals surface area contributed by atoms with Crippen LogP contribution in [0.5, 0.6) is 11.5 Å². The molecular formula is C21H26N2O5. The van der Waals surface area contributed by atoms with E-state index in [2.05, 4.69) is 9.72 Å². The maximum Gasteiger partial charge on any atom is 0.307 e. The van der Waals surface area contributed by atoms with Crippen molar-refractivity contribution in [2.24, 2.45) is 0 Å². The van der Waals surface area contributed by atoms with Gasteiger partial charge < -0.3 is 19.1 Å². The molecule has 150 valence electrons. The second-order valence-corrected chi connectivity index (χ2v) is 6.09. The van der Waals surface area contributed by atoms with Gasteiger partial charge >= 0.3 is 5.97 Å². The number of carbonyl (C=O) groups is 2. The van der Waals surface area contributed by atoms with Crippen molar-refractivity contribution in [2.45, 2.75) is 25.8 Å². The van der Waals surface area contributed by atoms with Crippen LogP contribution < -0.4 is 9.47 Å². The summed E-state index contributed by atoms with van der Waals surface area (Å²) in [6.45, 7) is 1.07. The molecule has 0 atom stereocenters. The zero-order valence-electron chi connectivity index (χ0n) is 16.3. The molecule has 2 aromatic rings. The molecule has 0 aliphatic rings. The van der Waals surface area contributed by atoms with E-state index in [-0.39, 0.29) is 18.3 Å². The lowest BCUT2D eigenvalue weighted by Crippen LogP contribution is -2.33. The van der Waals surface area contributed by atoms with E-state index in [0.29, 0.717) is 32.5 Å². The largest absolute Gasteiger partial charge is 0.497 e. The third kappa shape index (κ3) is 7.26. The Morgan fingerprint density at radius 1 is 1.00 bits per heavy atom. The third-order valence-electron chi connectivity index (χ3n) is 4.11. The van der Waals surface area contributed by atoms with Crippen molar-refractivity contribution in [1.29, 1.82) is 0 Å². The predicted octanol–water partition coefficient (Wildman–Crippen LogP) is 2.84. The van der Waals surface area contributed by atoms with Gasteiger partial charge in [0.05, 0.1) is 39.5 Å². The lowest BCUT2D eigenvalue weighted by Gasteiger charge is -2.22. The smallest absolute Gasteiger partial charge is 0.307 e. The number of pyridine rings is 1. The molecule has 1 amide bonds. The minimum absolute atomic E-state index is 0.0483. The Hall–Kier alpha value is -3.09. The molecule has 0 bridgehead atoms. The van der Waals surface area contributed by atoms with Gasteiger partial charge in [0.25, 0.3) is 0 Å². The summed E-state index contributed by atoms with van der Waals surface area (Å²) in [5, 5.41) is 0. The first-order chi connectivity index (χ1) is 13.6. The molecule has 0 radical (unpaired) electrons. The van der Waals surface area contributed by atoms with Crippen LogP contribution in [-0.2, 0) is 20.9 Å². The van der Waals surface area contributed by atoms with Crippen LogP contribution in [0.2, 0.25) is 0 Å². The number of amides is 1. The van der Waals surface area contributed by atoms with E-state index >= 15 is 0 Å². The first-order valence-corrected chi connectivity index (χ1v) is 9.13. The lowest BCUT2D eigenvalue weighted by molar-refractivity contribution is -0.142. The SMILES string of the molecule is COC(=O)CCN(Cc1ccccn1)C(=O)CCCOc1ccc(OC)cc1. The molecular weight excluding hydrogens is 360 g/mol. The van der Waals surface area contributed by atoms with Gasteiger partial charge in [-0.25, -0.2) is 0 Å².